The highest BCUT2D eigenvalue weighted by Crippen LogP contribution is 2.17. The van der Waals surface area contributed by atoms with Crippen LogP contribution in [0.15, 0.2) is 18.2 Å². The fourth-order valence-corrected chi connectivity index (χ4v) is 2.54. The van der Waals surface area contributed by atoms with Gasteiger partial charge < -0.3 is 16.0 Å². The van der Waals surface area contributed by atoms with Gasteiger partial charge in [0.2, 0.25) is 5.91 Å². The molecule has 1 aliphatic heterocycles. The van der Waals surface area contributed by atoms with E-state index in [2.05, 4.69) is 5.32 Å². The van der Waals surface area contributed by atoms with Crippen LogP contribution in [0.3, 0.4) is 0 Å². The van der Waals surface area contributed by atoms with Gasteiger partial charge in [0.25, 0.3) is 5.91 Å². The zero-order valence-electron chi connectivity index (χ0n) is 11.4. The summed E-state index contributed by atoms with van der Waals surface area (Å²) in [6.45, 7) is 3.22. The topological polar surface area (TPSA) is 75.4 Å². The summed E-state index contributed by atoms with van der Waals surface area (Å²) in [6.07, 6.45) is 2.05. The van der Waals surface area contributed by atoms with Crippen LogP contribution in [0.2, 0.25) is 5.02 Å². The maximum absolute atomic E-state index is 12.1. The summed E-state index contributed by atoms with van der Waals surface area (Å²) >= 11 is 5.86. The average molecular weight is 296 g/mol. The molecule has 0 spiro atoms. The molecule has 20 heavy (non-hydrogen) atoms. The third kappa shape index (κ3) is 3.42. The molecule has 0 bridgehead atoms. The number of rotatable bonds is 3. The molecule has 0 aliphatic carbocycles. The number of nitrogen functional groups attached to an aromatic ring is 1. The molecule has 0 aromatic heterocycles. The maximum atomic E-state index is 12.1. The van der Waals surface area contributed by atoms with Gasteiger partial charge in [0, 0.05) is 29.4 Å². The molecule has 0 radical (unpaired) electrons. The van der Waals surface area contributed by atoms with Crippen LogP contribution in [-0.2, 0) is 4.79 Å². The van der Waals surface area contributed by atoms with Crippen molar-refractivity contribution in [2.45, 2.75) is 25.8 Å². The van der Waals surface area contributed by atoms with E-state index in [4.69, 9.17) is 17.3 Å². The van der Waals surface area contributed by atoms with Gasteiger partial charge in [-0.2, -0.15) is 0 Å². The number of hydrogen-bond acceptors (Lipinski definition) is 3. The Kier molecular flexibility index (Phi) is 4.49. The second kappa shape index (κ2) is 6.13. The number of amides is 2. The smallest absolute Gasteiger partial charge is 0.252 e. The van der Waals surface area contributed by atoms with Crippen LogP contribution >= 0.6 is 11.6 Å². The number of likely N-dealkylation sites (tertiary alicyclic amines) is 1. The monoisotopic (exact) mass is 295 g/mol. The molecule has 1 aromatic rings. The van der Waals surface area contributed by atoms with Gasteiger partial charge in [-0.1, -0.05) is 11.6 Å². The van der Waals surface area contributed by atoms with Crippen LogP contribution in [0, 0.1) is 0 Å². The van der Waals surface area contributed by atoms with Crippen LogP contribution in [0.25, 0.3) is 0 Å². The summed E-state index contributed by atoms with van der Waals surface area (Å²) in [5.41, 5.74) is 6.42. The highest BCUT2D eigenvalue weighted by Gasteiger charge is 2.24. The van der Waals surface area contributed by atoms with E-state index in [-0.39, 0.29) is 11.8 Å². The first-order valence-corrected chi connectivity index (χ1v) is 7.01. The van der Waals surface area contributed by atoms with Crippen molar-refractivity contribution in [3.05, 3.63) is 28.8 Å². The van der Waals surface area contributed by atoms with E-state index in [1.807, 2.05) is 0 Å². The first kappa shape index (κ1) is 14.7. The molecule has 1 fully saturated rings. The predicted molar refractivity (Wildman–Crippen MR) is 78.6 cm³/mol. The SMILES string of the molecule is CC(NC(=O)c1cc(N)cc(Cl)c1)C(=O)N1CCCC1. The quantitative estimate of drug-likeness (QED) is 0.833. The van der Waals surface area contributed by atoms with Crippen molar-refractivity contribution >= 4 is 29.1 Å². The molecule has 3 N–H and O–H groups in total. The number of nitrogens with two attached hydrogens (primary N) is 1. The Labute approximate surface area is 123 Å². The summed E-state index contributed by atoms with van der Waals surface area (Å²) in [7, 11) is 0. The normalized spacial score (nSPS) is 16.0. The summed E-state index contributed by atoms with van der Waals surface area (Å²) in [6, 6.07) is 4.08. The van der Waals surface area contributed by atoms with Gasteiger partial charge in [-0.3, -0.25) is 9.59 Å². The first-order chi connectivity index (χ1) is 9.47. The van der Waals surface area contributed by atoms with Crippen molar-refractivity contribution in [3.63, 3.8) is 0 Å². The minimum Gasteiger partial charge on any atom is -0.399 e. The van der Waals surface area contributed by atoms with E-state index in [1.165, 1.54) is 12.1 Å². The van der Waals surface area contributed by atoms with Crippen molar-refractivity contribution in [2.75, 3.05) is 18.8 Å². The van der Waals surface area contributed by atoms with Crippen molar-refractivity contribution in [1.82, 2.24) is 10.2 Å². The van der Waals surface area contributed by atoms with Crippen molar-refractivity contribution in [3.8, 4) is 0 Å². The van der Waals surface area contributed by atoms with Gasteiger partial charge >= 0.3 is 0 Å². The van der Waals surface area contributed by atoms with Crippen LogP contribution in [0.5, 0.6) is 0 Å². The molecule has 1 aromatic carbocycles. The van der Waals surface area contributed by atoms with Crippen molar-refractivity contribution in [2.24, 2.45) is 0 Å². The Morgan fingerprint density at radius 2 is 1.95 bits per heavy atom. The minimum atomic E-state index is -0.555. The van der Waals surface area contributed by atoms with Crippen molar-refractivity contribution in [1.29, 1.82) is 0 Å². The molecule has 6 heteroatoms. The Bertz CT molecular complexity index is 507. The molecular formula is C14H18ClN3O2. The van der Waals surface area contributed by atoms with Gasteiger partial charge in [0.15, 0.2) is 0 Å². The summed E-state index contributed by atoms with van der Waals surface area (Å²) in [4.78, 5) is 26.0. The molecule has 1 aliphatic rings. The summed E-state index contributed by atoms with van der Waals surface area (Å²) < 4.78 is 0. The number of nitrogens with zero attached hydrogens (tertiary/aromatic N) is 1. The number of hydrogen-bond donors (Lipinski definition) is 2. The van der Waals surface area contributed by atoms with E-state index in [0.29, 0.717) is 16.3 Å². The lowest BCUT2D eigenvalue weighted by atomic mass is 10.1. The molecule has 5 nitrogen and oxygen atoms in total. The van der Waals surface area contributed by atoms with E-state index < -0.39 is 6.04 Å². The van der Waals surface area contributed by atoms with Gasteiger partial charge in [-0.15, -0.1) is 0 Å². The highest BCUT2D eigenvalue weighted by atomic mass is 35.5. The Morgan fingerprint density at radius 3 is 2.55 bits per heavy atom. The zero-order chi connectivity index (χ0) is 14.7. The number of halogens is 1. The fraction of sp³-hybridized carbons (Fsp3) is 0.429. The molecule has 2 amide bonds. The molecule has 108 valence electrons. The Morgan fingerprint density at radius 1 is 1.30 bits per heavy atom. The maximum Gasteiger partial charge on any atom is 0.252 e. The third-order valence-corrected chi connectivity index (χ3v) is 3.54. The summed E-state index contributed by atoms with van der Waals surface area (Å²) in [5, 5.41) is 3.08. The second-order valence-electron chi connectivity index (χ2n) is 5.00. The number of carbonyl (C=O) groups excluding carboxylic acids is 2. The number of benzene rings is 1. The first-order valence-electron chi connectivity index (χ1n) is 6.63. The molecule has 1 heterocycles. The van der Waals surface area contributed by atoms with E-state index in [9.17, 15) is 9.59 Å². The molecule has 1 saturated heterocycles. The molecular weight excluding hydrogens is 278 g/mol. The fourth-order valence-electron chi connectivity index (χ4n) is 2.30. The third-order valence-electron chi connectivity index (χ3n) is 3.32. The predicted octanol–water partition coefficient (Wildman–Crippen LogP) is 1.66. The van der Waals surface area contributed by atoms with Gasteiger partial charge in [-0.25, -0.2) is 0 Å². The van der Waals surface area contributed by atoms with Gasteiger partial charge in [0.05, 0.1) is 0 Å². The lowest BCUT2D eigenvalue weighted by Gasteiger charge is -2.21. The Hall–Kier alpha value is -1.75. The average Bonchev–Trinajstić information content (AvgIpc) is 2.90. The summed E-state index contributed by atoms with van der Waals surface area (Å²) in [5.74, 6) is -0.398. The second-order valence-corrected chi connectivity index (χ2v) is 5.44. The van der Waals surface area contributed by atoms with E-state index in [1.54, 1.807) is 17.9 Å². The number of anilines is 1. The largest absolute Gasteiger partial charge is 0.399 e. The van der Waals surface area contributed by atoms with E-state index >= 15 is 0 Å². The lowest BCUT2D eigenvalue weighted by Crippen LogP contribution is -2.45. The van der Waals surface area contributed by atoms with Crippen LogP contribution in [-0.4, -0.2) is 35.8 Å². The molecule has 0 saturated carbocycles. The zero-order valence-corrected chi connectivity index (χ0v) is 12.1. The number of carbonyl (C=O) groups is 2. The standard InChI is InChI=1S/C14H18ClN3O2/c1-9(14(20)18-4-2-3-5-18)17-13(19)10-6-11(15)8-12(16)7-10/h6-9H,2-5,16H2,1H3,(H,17,19). The van der Waals surface area contributed by atoms with Crippen LogP contribution in [0.4, 0.5) is 5.69 Å². The Balaban J connectivity index is 2.01. The van der Waals surface area contributed by atoms with Crippen LogP contribution in [0.1, 0.15) is 30.1 Å². The van der Waals surface area contributed by atoms with Crippen LogP contribution < -0.4 is 11.1 Å². The minimum absolute atomic E-state index is 0.0501. The number of nitrogens with one attached hydrogen (secondary N) is 1. The highest BCUT2D eigenvalue weighted by molar-refractivity contribution is 6.31. The lowest BCUT2D eigenvalue weighted by molar-refractivity contribution is -0.131. The molecule has 1 atom stereocenters. The van der Waals surface area contributed by atoms with Gasteiger partial charge in [0.1, 0.15) is 6.04 Å². The van der Waals surface area contributed by atoms with Gasteiger partial charge in [-0.05, 0) is 38.0 Å². The molecule has 2 rings (SSSR count). The van der Waals surface area contributed by atoms with Crippen molar-refractivity contribution < 1.29 is 9.59 Å². The molecule has 1 unspecified atom stereocenters. The van der Waals surface area contributed by atoms with E-state index in [0.717, 1.165) is 25.9 Å².